The molecule has 3 heterocycles. The molecule has 0 saturated carbocycles. The molecular formula is C10H12N8O. The molecular weight excluding hydrogens is 248 g/mol. The van der Waals surface area contributed by atoms with Gasteiger partial charge >= 0.3 is 5.69 Å². The van der Waals surface area contributed by atoms with Crippen LogP contribution in [0.2, 0.25) is 0 Å². The molecule has 0 amide bonds. The van der Waals surface area contributed by atoms with Crippen molar-refractivity contribution in [1.29, 1.82) is 0 Å². The molecule has 0 aliphatic heterocycles. The van der Waals surface area contributed by atoms with Crippen LogP contribution in [0.1, 0.15) is 5.82 Å². The first-order chi connectivity index (χ1) is 9.22. The number of aromatic nitrogens is 7. The number of hydrogen-bond acceptors (Lipinski definition) is 6. The second kappa shape index (κ2) is 4.52. The number of H-pyrrole nitrogens is 1. The zero-order valence-electron chi connectivity index (χ0n) is 10.2. The summed E-state index contributed by atoms with van der Waals surface area (Å²) in [6.45, 7) is 0.655. The summed E-state index contributed by atoms with van der Waals surface area (Å²) in [5.41, 5.74) is 0.227. The van der Waals surface area contributed by atoms with E-state index in [0.29, 0.717) is 24.4 Å². The molecule has 3 aromatic heterocycles. The molecule has 19 heavy (non-hydrogen) atoms. The highest BCUT2D eigenvalue weighted by atomic mass is 16.1. The van der Waals surface area contributed by atoms with Gasteiger partial charge < -0.3 is 5.32 Å². The van der Waals surface area contributed by atoms with Crippen LogP contribution in [-0.4, -0.2) is 40.9 Å². The Labute approximate surface area is 107 Å². The first-order valence-electron chi connectivity index (χ1n) is 5.73. The third-order valence-corrected chi connectivity index (χ3v) is 2.61. The number of aryl methyl sites for hydroxylation is 1. The highest BCUT2D eigenvalue weighted by Crippen LogP contribution is 2.04. The fraction of sp³-hybridized carbons (Fsp3) is 0.300. The van der Waals surface area contributed by atoms with Crippen molar-refractivity contribution in [3.05, 3.63) is 35.0 Å². The van der Waals surface area contributed by atoms with Crippen LogP contribution in [0.5, 0.6) is 0 Å². The van der Waals surface area contributed by atoms with Crippen molar-refractivity contribution >= 4 is 11.5 Å². The summed E-state index contributed by atoms with van der Waals surface area (Å²) in [4.78, 5) is 19.5. The van der Waals surface area contributed by atoms with Gasteiger partial charge in [-0.25, -0.2) is 24.3 Å². The van der Waals surface area contributed by atoms with Crippen LogP contribution >= 0.6 is 0 Å². The molecule has 0 spiro atoms. The third kappa shape index (κ3) is 2.30. The lowest BCUT2D eigenvalue weighted by atomic mass is 10.4. The fourth-order valence-corrected chi connectivity index (χ4v) is 1.71. The lowest BCUT2D eigenvalue weighted by Gasteiger charge is -2.03. The molecule has 0 radical (unpaired) electrons. The Morgan fingerprint density at radius 2 is 2.26 bits per heavy atom. The summed E-state index contributed by atoms with van der Waals surface area (Å²) in [6.07, 6.45) is 3.79. The Kier molecular flexibility index (Phi) is 2.71. The van der Waals surface area contributed by atoms with Crippen molar-refractivity contribution in [3.63, 3.8) is 0 Å². The van der Waals surface area contributed by atoms with Crippen LogP contribution in [0.25, 0.3) is 5.65 Å². The largest absolute Gasteiger partial charge is 0.369 e. The highest BCUT2D eigenvalue weighted by Gasteiger charge is 2.03. The van der Waals surface area contributed by atoms with Gasteiger partial charge in [0.05, 0.1) is 0 Å². The standard InChI is InChI=1S/C10H12N8O/c1-17-5-12-7(16-17)2-3-11-8-4-9-14-15-10(19)18(9)6-13-8/h4-6,11H,2-3H2,1H3,(H,15,19). The Balaban J connectivity index is 1.66. The van der Waals surface area contributed by atoms with Gasteiger partial charge in [0, 0.05) is 26.1 Å². The van der Waals surface area contributed by atoms with Gasteiger partial charge in [0.15, 0.2) is 11.5 Å². The Bertz CT molecular complexity index is 754. The molecule has 3 rings (SSSR count). The zero-order valence-corrected chi connectivity index (χ0v) is 10.2. The number of fused-ring (bicyclic) bond motifs is 1. The second-order valence-corrected chi connectivity index (χ2v) is 4.04. The number of aromatic amines is 1. The average molecular weight is 260 g/mol. The molecule has 0 bridgehead atoms. The first-order valence-corrected chi connectivity index (χ1v) is 5.73. The summed E-state index contributed by atoms with van der Waals surface area (Å²) >= 11 is 0. The van der Waals surface area contributed by atoms with Crippen LogP contribution in [-0.2, 0) is 13.5 Å². The molecule has 0 aliphatic rings. The topological polar surface area (TPSA) is 106 Å². The summed E-state index contributed by atoms with van der Waals surface area (Å²) in [6, 6.07) is 1.70. The van der Waals surface area contributed by atoms with Gasteiger partial charge in [0.25, 0.3) is 0 Å². The van der Waals surface area contributed by atoms with E-state index in [1.165, 1.54) is 10.7 Å². The Hall–Kier alpha value is -2.71. The van der Waals surface area contributed by atoms with Crippen molar-refractivity contribution in [2.45, 2.75) is 6.42 Å². The van der Waals surface area contributed by atoms with Crippen molar-refractivity contribution in [3.8, 4) is 0 Å². The van der Waals surface area contributed by atoms with E-state index in [4.69, 9.17) is 0 Å². The quantitative estimate of drug-likeness (QED) is 0.636. The van der Waals surface area contributed by atoms with E-state index in [2.05, 4.69) is 30.6 Å². The van der Waals surface area contributed by atoms with Crippen LogP contribution in [0.3, 0.4) is 0 Å². The highest BCUT2D eigenvalue weighted by molar-refractivity contribution is 5.48. The van der Waals surface area contributed by atoms with Crippen LogP contribution in [0, 0.1) is 0 Å². The number of anilines is 1. The van der Waals surface area contributed by atoms with Gasteiger partial charge in [-0.1, -0.05) is 0 Å². The van der Waals surface area contributed by atoms with E-state index in [9.17, 15) is 4.79 Å². The van der Waals surface area contributed by atoms with E-state index in [1.807, 2.05) is 7.05 Å². The molecule has 98 valence electrons. The maximum Gasteiger partial charge on any atom is 0.348 e. The number of rotatable bonds is 4. The van der Waals surface area contributed by atoms with Gasteiger partial charge in [-0.3, -0.25) is 4.68 Å². The minimum atomic E-state index is -0.299. The maximum absolute atomic E-state index is 11.3. The van der Waals surface area contributed by atoms with Crippen molar-refractivity contribution < 1.29 is 0 Å². The first kappa shape index (κ1) is 11.4. The summed E-state index contributed by atoms with van der Waals surface area (Å²) in [7, 11) is 1.83. The van der Waals surface area contributed by atoms with E-state index >= 15 is 0 Å². The van der Waals surface area contributed by atoms with Crippen molar-refractivity contribution in [1.82, 2.24) is 34.3 Å². The molecule has 0 saturated heterocycles. The predicted octanol–water partition coefficient (Wildman–Crippen LogP) is -0.799. The molecule has 9 nitrogen and oxygen atoms in total. The number of nitrogens with zero attached hydrogens (tertiary/aromatic N) is 6. The lowest BCUT2D eigenvalue weighted by Crippen LogP contribution is -2.11. The monoisotopic (exact) mass is 260 g/mol. The second-order valence-electron chi connectivity index (χ2n) is 4.04. The number of hydrogen-bond donors (Lipinski definition) is 2. The minimum Gasteiger partial charge on any atom is -0.369 e. The van der Waals surface area contributed by atoms with Gasteiger partial charge in [0.1, 0.15) is 18.5 Å². The Morgan fingerprint density at radius 1 is 1.37 bits per heavy atom. The molecule has 0 aromatic carbocycles. The molecule has 0 aliphatic carbocycles. The third-order valence-electron chi connectivity index (χ3n) is 2.61. The smallest absolute Gasteiger partial charge is 0.348 e. The number of nitrogens with one attached hydrogen (secondary N) is 2. The normalized spacial score (nSPS) is 11.0. The van der Waals surface area contributed by atoms with Crippen LogP contribution in [0.4, 0.5) is 5.82 Å². The fourth-order valence-electron chi connectivity index (χ4n) is 1.71. The minimum absolute atomic E-state index is 0.299. The molecule has 0 fully saturated rings. The summed E-state index contributed by atoms with van der Waals surface area (Å²) in [5.74, 6) is 1.43. The van der Waals surface area contributed by atoms with Gasteiger partial charge in [-0.2, -0.15) is 10.2 Å². The Morgan fingerprint density at radius 3 is 3.05 bits per heavy atom. The maximum atomic E-state index is 11.3. The molecule has 0 atom stereocenters. The lowest BCUT2D eigenvalue weighted by molar-refractivity contribution is 0.741. The van der Waals surface area contributed by atoms with Crippen LogP contribution < -0.4 is 11.0 Å². The van der Waals surface area contributed by atoms with Gasteiger partial charge in [-0.05, 0) is 0 Å². The van der Waals surface area contributed by atoms with E-state index < -0.39 is 0 Å². The summed E-state index contributed by atoms with van der Waals surface area (Å²) in [5, 5.41) is 13.5. The van der Waals surface area contributed by atoms with Crippen molar-refractivity contribution in [2.75, 3.05) is 11.9 Å². The molecule has 0 unspecified atom stereocenters. The zero-order chi connectivity index (χ0) is 13.2. The van der Waals surface area contributed by atoms with E-state index in [1.54, 1.807) is 17.1 Å². The van der Waals surface area contributed by atoms with Gasteiger partial charge in [-0.15, -0.1) is 0 Å². The van der Waals surface area contributed by atoms with Crippen LogP contribution in [0.15, 0.2) is 23.5 Å². The molecule has 9 heteroatoms. The SMILES string of the molecule is Cn1cnc(CCNc2cc3n[nH]c(=O)n3cn2)n1. The predicted molar refractivity (Wildman–Crippen MR) is 66.8 cm³/mol. The average Bonchev–Trinajstić information content (AvgIpc) is 2.97. The van der Waals surface area contributed by atoms with Gasteiger partial charge in [0.2, 0.25) is 0 Å². The van der Waals surface area contributed by atoms with Crippen molar-refractivity contribution in [2.24, 2.45) is 7.05 Å². The molecule has 2 N–H and O–H groups in total. The summed E-state index contributed by atoms with van der Waals surface area (Å²) < 4.78 is 3.00. The van der Waals surface area contributed by atoms with E-state index in [-0.39, 0.29) is 5.69 Å². The molecule has 3 aromatic rings. The van der Waals surface area contributed by atoms with E-state index in [0.717, 1.165) is 5.82 Å².